The highest BCUT2D eigenvalue weighted by Gasteiger charge is 2.36. The van der Waals surface area contributed by atoms with Crippen LogP contribution in [-0.2, 0) is 27.2 Å². The summed E-state index contributed by atoms with van der Waals surface area (Å²) >= 11 is 0. The Morgan fingerprint density at radius 2 is 1.87 bits per heavy atom. The van der Waals surface area contributed by atoms with Crippen molar-refractivity contribution in [3.63, 3.8) is 0 Å². The Labute approximate surface area is 274 Å². The van der Waals surface area contributed by atoms with E-state index in [0.29, 0.717) is 38.1 Å². The molecule has 10 heteroatoms. The van der Waals surface area contributed by atoms with Crippen molar-refractivity contribution < 1.29 is 29.9 Å². The summed E-state index contributed by atoms with van der Waals surface area (Å²) in [6.45, 7) is 4.39. The first-order valence-corrected chi connectivity index (χ1v) is 16.8. The van der Waals surface area contributed by atoms with Gasteiger partial charge in [0.2, 0.25) is 5.91 Å². The minimum absolute atomic E-state index is 0.00653. The van der Waals surface area contributed by atoms with E-state index < -0.39 is 36.1 Å². The second kappa shape index (κ2) is 19.2. The SMILES string of the molecule is C#CCC([NH2+]C(=O)[C@@H](CC(=O)N(C)CCc1ncc[nH]1)Cc1ccccc1)C(=O)N[C@@H](CC1CCCCC1)C(O)[C@@H](O)CC(C)C. The number of quaternary nitrogens is 1. The molecule has 1 aromatic carbocycles. The summed E-state index contributed by atoms with van der Waals surface area (Å²) in [6.07, 6.45) is 14.2. The van der Waals surface area contributed by atoms with E-state index in [1.807, 2.05) is 44.2 Å². The van der Waals surface area contributed by atoms with Crippen LogP contribution in [0.25, 0.3) is 0 Å². The number of hydrogen-bond donors (Lipinski definition) is 5. The number of aliphatic hydroxyl groups is 2. The van der Waals surface area contributed by atoms with Crippen molar-refractivity contribution in [3.8, 4) is 12.3 Å². The lowest BCUT2D eigenvalue weighted by Gasteiger charge is -2.33. The second-order valence-corrected chi connectivity index (χ2v) is 13.3. The van der Waals surface area contributed by atoms with E-state index in [2.05, 4.69) is 21.2 Å². The Bertz CT molecular complexity index is 1240. The number of likely N-dealkylation sites (N-methyl/N-ethyl adjacent to an activating group) is 1. The lowest BCUT2D eigenvalue weighted by Crippen LogP contribution is -2.97. The van der Waals surface area contributed by atoms with Crippen molar-refractivity contribution in [3.05, 3.63) is 54.1 Å². The molecule has 0 radical (unpaired) electrons. The molecule has 6 N–H and O–H groups in total. The standard InChI is InChI=1S/C36H53N5O5/c1-5-12-29(36(46)40-30(23-27-15-10-7-11-16-27)34(44)31(42)21-25(2)3)39-35(45)28(22-26-13-8-6-9-14-26)24-33(43)41(4)20-17-32-37-18-19-38-32/h1,6,8-9,13-14,18-19,25,27-31,34,42,44H,7,10-12,15-17,20-24H2,2-4H3,(H,37,38)(H,39,45)(H,40,46)/p+1/t28-,29?,30+,31+,34?/m1/s1. The monoisotopic (exact) mass is 636 g/mol. The lowest BCUT2D eigenvalue weighted by molar-refractivity contribution is -0.594. The van der Waals surface area contributed by atoms with Crippen molar-refractivity contribution in [1.82, 2.24) is 20.2 Å². The molecule has 2 unspecified atom stereocenters. The molecular weight excluding hydrogens is 582 g/mol. The molecule has 46 heavy (non-hydrogen) atoms. The van der Waals surface area contributed by atoms with Gasteiger partial charge in [0, 0.05) is 38.8 Å². The fraction of sp³-hybridized carbons (Fsp3) is 0.611. The number of nitrogens with two attached hydrogens (primary N) is 1. The Morgan fingerprint density at radius 1 is 1.15 bits per heavy atom. The molecule has 1 aliphatic carbocycles. The van der Waals surface area contributed by atoms with Gasteiger partial charge in [-0.05, 0) is 36.7 Å². The van der Waals surface area contributed by atoms with Crippen LogP contribution in [0.2, 0.25) is 0 Å². The zero-order chi connectivity index (χ0) is 33.5. The maximum Gasteiger partial charge on any atom is 0.315 e. The Kier molecular flexibility index (Phi) is 15.4. The molecular formula is C36H54N5O5+. The molecule has 10 nitrogen and oxygen atoms in total. The minimum atomic E-state index is -1.14. The topological polar surface area (TPSA) is 152 Å². The number of imidazole rings is 1. The molecule has 1 heterocycles. The Morgan fingerprint density at radius 3 is 2.50 bits per heavy atom. The molecule has 3 rings (SSSR count). The van der Waals surface area contributed by atoms with E-state index in [9.17, 15) is 24.6 Å². The molecule has 1 aliphatic rings. The first-order valence-electron chi connectivity index (χ1n) is 16.8. The van der Waals surface area contributed by atoms with Gasteiger partial charge in [0.05, 0.1) is 24.5 Å². The third kappa shape index (κ3) is 12.3. The van der Waals surface area contributed by atoms with Gasteiger partial charge < -0.3 is 25.4 Å². The number of aliphatic hydroxyl groups excluding tert-OH is 2. The molecule has 1 aromatic heterocycles. The number of nitrogens with one attached hydrogen (secondary N) is 2. The first kappa shape index (κ1) is 36.9. The number of terminal acetylenes is 1. The van der Waals surface area contributed by atoms with Crippen LogP contribution in [-0.4, -0.2) is 80.7 Å². The second-order valence-electron chi connectivity index (χ2n) is 13.3. The summed E-state index contributed by atoms with van der Waals surface area (Å²) in [5.41, 5.74) is 0.910. The van der Waals surface area contributed by atoms with E-state index in [-0.39, 0.29) is 30.6 Å². The summed E-state index contributed by atoms with van der Waals surface area (Å²) in [4.78, 5) is 49.6. The molecule has 0 bridgehead atoms. The van der Waals surface area contributed by atoms with E-state index in [4.69, 9.17) is 6.42 Å². The number of nitrogens with zero attached hydrogens (tertiary/aromatic N) is 2. The van der Waals surface area contributed by atoms with Crippen LogP contribution in [0.1, 0.15) is 83.0 Å². The van der Waals surface area contributed by atoms with Crippen LogP contribution in [0.4, 0.5) is 0 Å². The first-order chi connectivity index (χ1) is 22.1. The highest BCUT2D eigenvalue weighted by Crippen LogP contribution is 2.29. The van der Waals surface area contributed by atoms with Crippen molar-refractivity contribution in [2.24, 2.45) is 17.8 Å². The number of carbonyl (C=O) groups is 3. The molecule has 0 aliphatic heterocycles. The van der Waals surface area contributed by atoms with Gasteiger partial charge in [-0.15, -0.1) is 6.42 Å². The Hall–Kier alpha value is -3.52. The average Bonchev–Trinajstić information content (AvgIpc) is 3.57. The highest BCUT2D eigenvalue weighted by atomic mass is 16.3. The lowest BCUT2D eigenvalue weighted by atomic mass is 9.82. The summed E-state index contributed by atoms with van der Waals surface area (Å²) in [6, 6.07) is 7.89. The van der Waals surface area contributed by atoms with Crippen LogP contribution in [0.3, 0.4) is 0 Å². The molecule has 1 fully saturated rings. The van der Waals surface area contributed by atoms with Gasteiger partial charge in [0.25, 0.3) is 5.91 Å². The molecule has 3 amide bonds. The summed E-state index contributed by atoms with van der Waals surface area (Å²) in [5, 5.41) is 26.3. The number of carbonyl (C=O) groups excluding carboxylic acids is 3. The molecule has 1 saturated carbocycles. The van der Waals surface area contributed by atoms with E-state index in [1.54, 1.807) is 24.3 Å². The predicted octanol–water partition coefficient (Wildman–Crippen LogP) is 2.36. The summed E-state index contributed by atoms with van der Waals surface area (Å²) in [7, 11) is 1.71. The number of aromatic nitrogens is 2. The summed E-state index contributed by atoms with van der Waals surface area (Å²) in [5.74, 6) is 2.16. The Balaban J connectivity index is 1.73. The maximum absolute atomic E-state index is 13.8. The van der Waals surface area contributed by atoms with Crippen LogP contribution in [0, 0.1) is 30.1 Å². The number of hydrogen-bond acceptors (Lipinski definition) is 6. The van der Waals surface area contributed by atoms with Crippen LogP contribution < -0.4 is 10.6 Å². The van der Waals surface area contributed by atoms with Gasteiger partial charge in [0.1, 0.15) is 11.9 Å². The molecule has 0 saturated heterocycles. The van der Waals surface area contributed by atoms with Crippen molar-refractivity contribution in [1.29, 1.82) is 0 Å². The fourth-order valence-electron chi connectivity index (χ4n) is 6.31. The van der Waals surface area contributed by atoms with Crippen LogP contribution >= 0.6 is 0 Å². The van der Waals surface area contributed by atoms with Gasteiger partial charge >= 0.3 is 5.91 Å². The third-order valence-corrected chi connectivity index (χ3v) is 9.01. The smallest absolute Gasteiger partial charge is 0.315 e. The normalized spacial score (nSPS) is 17.0. The fourth-order valence-corrected chi connectivity index (χ4v) is 6.31. The van der Waals surface area contributed by atoms with Gasteiger partial charge in [-0.3, -0.25) is 14.9 Å². The van der Waals surface area contributed by atoms with Crippen LogP contribution in [0.5, 0.6) is 0 Å². The number of amides is 3. The molecule has 5 atom stereocenters. The molecule has 252 valence electrons. The largest absolute Gasteiger partial charge is 0.390 e. The average molecular weight is 637 g/mol. The quantitative estimate of drug-likeness (QED) is 0.159. The van der Waals surface area contributed by atoms with Crippen LogP contribution in [0.15, 0.2) is 42.7 Å². The van der Waals surface area contributed by atoms with Crippen molar-refractivity contribution >= 4 is 17.7 Å². The van der Waals surface area contributed by atoms with Gasteiger partial charge in [-0.25, -0.2) is 9.78 Å². The van der Waals surface area contributed by atoms with Gasteiger partial charge in [-0.2, -0.15) is 0 Å². The van der Waals surface area contributed by atoms with E-state index in [1.165, 1.54) is 11.7 Å². The van der Waals surface area contributed by atoms with E-state index >= 15 is 0 Å². The molecule has 0 spiro atoms. The number of aromatic amines is 1. The summed E-state index contributed by atoms with van der Waals surface area (Å²) < 4.78 is 0. The highest BCUT2D eigenvalue weighted by molar-refractivity contribution is 5.85. The van der Waals surface area contributed by atoms with Crippen molar-refractivity contribution in [2.45, 2.75) is 109 Å². The number of H-pyrrole nitrogens is 1. The number of benzene rings is 1. The van der Waals surface area contributed by atoms with Crippen molar-refractivity contribution in [2.75, 3.05) is 13.6 Å². The van der Waals surface area contributed by atoms with Gasteiger partial charge in [-0.1, -0.05) is 82.2 Å². The zero-order valence-corrected chi connectivity index (χ0v) is 27.7. The minimum Gasteiger partial charge on any atom is -0.390 e. The predicted molar refractivity (Wildman–Crippen MR) is 177 cm³/mol. The zero-order valence-electron chi connectivity index (χ0n) is 27.7. The number of primary amides is 1. The third-order valence-electron chi connectivity index (χ3n) is 9.01. The number of rotatable bonds is 18. The maximum atomic E-state index is 13.8. The van der Waals surface area contributed by atoms with E-state index in [0.717, 1.165) is 37.1 Å². The van der Waals surface area contributed by atoms with Gasteiger partial charge in [0.15, 0.2) is 6.04 Å². The molecule has 2 aromatic rings.